The van der Waals surface area contributed by atoms with Crippen LogP contribution in [0, 0.1) is 5.41 Å². The average Bonchev–Trinajstić information content (AvgIpc) is 2.38. The monoisotopic (exact) mass is 249 g/mol. The van der Waals surface area contributed by atoms with Gasteiger partial charge in [0.2, 0.25) is 5.88 Å². The van der Waals surface area contributed by atoms with Gasteiger partial charge in [-0.3, -0.25) is 5.41 Å². The summed E-state index contributed by atoms with van der Waals surface area (Å²) < 4.78 is 5.67. The van der Waals surface area contributed by atoms with Crippen LogP contribution in [0.4, 0.5) is 0 Å². The molecule has 18 heavy (non-hydrogen) atoms. The van der Waals surface area contributed by atoms with Gasteiger partial charge in [-0.15, -0.1) is 5.10 Å². The predicted molar refractivity (Wildman–Crippen MR) is 68.8 cm³/mol. The average molecular weight is 249 g/mol. The van der Waals surface area contributed by atoms with Crippen LogP contribution in [0.3, 0.4) is 0 Å². The summed E-state index contributed by atoms with van der Waals surface area (Å²) in [5.41, 5.74) is 5.98. The lowest BCUT2D eigenvalue weighted by molar-refractivity contribution is 0.122. The van der Waals surface area contributed by atoms with Gasteiger partial charge < -0.3 is 15.4 Å². The summed E-state index contributed by atoms with van der Waals surface area (Å²) in [5, 5.41) is 15.1. The topological polar surface area (TPSA) is 88.1 Å². The van der Waals surface area contributed by atoms with E-state index in [9.17, 15) is 0 Å². The summed E-state index contributed by atoms with van der Waals surface area (Å²) in [4.78, 5) is 2.30. The standard InChI is InChI=1S/C12H19N5O/c1-17-7-3-2-4-9(17)8-18-12-10(11(13)14)5-6-15-16-12/h5-6,9H,2-4,7-8H2,1H3,(H3,13,14). The van der Waals surface area contributed by atoms with Gasteiger partial charge in [0.15, 0.2) is 0 Å². The molecule has 0 radical (unpaired) electrons. The molecule has 1 aromatic rings. The maximum absolute atomic E-state index is 7.46. The lowest BCUT2D eigenvalue weighted by Crippen LogP contribution is -2.40. The molecular weight excluding hydrogens is 230 g/mol. The molecular formula is C12H19N5O. The Balaban J connectivity index is 1.99. The van der Waals surface area contributed by atoms with Crippen molar-refractivity contribution in [1.29, 1.82) is 5.41 Å². The molecule has 0 amide bonds. The Morgan fingerprint density at radius 2 is 2.44 bits per heavy atom. The molecule has 2 rings (SSSR count). The Hall–Kier alpha value is -1.69. The summed E-state index contributed by atoms with van der Waals surface area (Å²) in [7, 11) is 2.11. The van der Waals surface area contributed by atoms with Gasteiger partial charge >= 0.3 is 0 Å². The van der Waals surface area contributed by atoms with Gasteiger partial charge in [-0.05, 0) is 32.5 Å². The van der Waals surface area contributed by atoms with E-state index in [4.69, 9.17) is 15.9 Å². The van der Waals surface area contributed by atoms with E-state index in [0.29, 0.717) is 24.1 Å². The van der Waals surface area contributed by atoms with Crippen LogP contribution in [0.2, 0.25) is 0 Å². The van der Waals surface area contributed by atoms with Gasteiger partial charge in [0, 0.05) is 6.04 Å². The van der Waals surface area contributed by atoms with E-state index in [1.54, 1.807) is 6.07 Å². The van der Waals surface area contributed by atoms with Crippen molar-refractivity contribution in [3.63, 3.8) is 0 Å². The summed E-state index contributed by atoms with van der Waals surface area (Å²) >= 11 is 0. The third kappa shape index (κ3) is 2.95. The normalized spacial score (nSPS) is 20.6. The molecule has 1 saturated heterocycles. The Bertz CT molecular complexity index is 423. The highest BCUT2D eigenvalue weighted by Crippen LogP contribution is 2.18. The van der Waals surface area contributed by atoms with Crippen LogP contribution in [-0.4, -0.2) is 47.2 Å². The molecule has 1 aliphatic heterocycles. The van der Waals surface area contributed by atoms with Crippen molar-refractivity contribution >= 4 is 5.84 Å². The number of hydrogen-bond acceptors (Lipinski definition) is 5. The smallest absolute Gasteiger partial charge is 0.244 e. The first-order valence-electron chi connectivity index (χ1n) is 6.17. The van der Waals surface area contributed by atoms with Crippen LogP contribution >= 0.6 is 0 Å². The number of hydrogen-bond donors (Lipinski definition) is 2. The highest BCUT2D eigenvalue weighted by atomic mass is 16.5. The first-order chi connectivity index (χ1) is 8.68. The van der Waals surface area contributed by atoms with E-state index in [0.717, 1.165) is 13.0 Å². The molecule has 3 N–H and O–H groups in total. The Morgan fingerprint density at radius 3 is 3.17 bits per heavy atom. The number of nitrogens with zero attached hydrogens (tertiary/aromatic N) is 3. The Labute approximate surface area is 107 Å². The van der Waals surface area contributed by atoms with Gasteiger partial charge in [-0.25, -0.2) is 0 Å². The lowest BCUT2D eigenvalue weighted by atomic mass is 10.0. The maximum Gasteiger partial charge on any atom is 0.244 e. The molecule has 0 aliphatic carbocycles. The minimum absolute atomic E-state index is 0.0445. The van der Waals surface area contributed by atoms with E-state index in [1.165, 1.54) is 19.0 Å². The largest absolute Gasteiger partial charge is 0.474 e. The van der Waals surface area contributed by atoms with Crippen molar-refractivity contribution in [2.75, 3.05) is 20.2 Å². The van der Waals surface area contributed by atoms with Gasteiger partial charge in [-0.1, -0.05) is 6.42 Å². The summed E-state index contributed by atoms with van der Waals surface area (Å²) in [6, 6.07) is 2.05. The molecule has 98 valence electrons. The van der Waals surface area contributed by atoms with Gasteiger partial charge in [-0.2, -0.15) is 5.10 Å². The van der Waals surface area contributed by atoms with E-state index >= 15 is 0 Å². The number of aromatic nitrogens is 2. The van der Waals surface area contributed by atoms with E-state index < -0.39 is 0 Å². The van der Waals surface area contributed by atoms with Gasteiger partial charge in [0.25, 0.3) is 0 Å². The Morgan fingerprint density at radius 1 is 1.61 bits per heavy atom. The number of nitrogens with one attached hydrogen (secondary N) is 1. The summed E-state index contributed by atoms with van der Waals surface area (Å²) in [5.74, 6) is 0.306. The zero-order valence-corrected chi connectivity index (χ0v) is 10.6. The van der Waals surface area contributed by atoms with Crippen LogP contribution in [0.25, 0.3) is 0 Å². The van der Waals surface area contributed by atoms with Crippen molar-refractivity contribution in [3.05, 3.63) is 17.8 Å². The second-order valence-electron chi connectivity index (χ2n) is 4.60. The lowest BCUT2D eigenvalue weighted by Gasteiger charge is -2.32. The van der Waals surface area contributed by atoms with Crippen molar-refractivity contribution in [2.24, 2.45) is 5.73 Å². The zero-order chi connectivity index (χ0) is 13.0. The molecule has 1 aromatic heterocycles. The maximum atomic E-state index is 7.46. The fraction of sp³-hybridized carbons (Fsp3) is 0.583. The highest BCUT2D eigenvalue weighted by Gasteiger charge is 2.20. The fourth-order valence-electron chi connectivity index (χ4n) is 2.16. The molecule has 2 heterocycles. The second-order valence-corrected chi connectivity index (χ2v) is 4.60. The molecule has 1 unspecified atom stereocenters. The van der Waals surface area contributed by atoms with Crippen LogP contribution < -0.4 is 10.5 Å². The molecule has 0 saturated carbocycles. The predicted octanol–water partition coefficient (Wildman–Crippen LogP) is 0.624. The number of likely N-dealkylation sites (tertiary alicyclic amines) is 1. The molecule has 0 spiro atoms. The summed E-state index contributed by atoms with van der Waals surface area (Å²) in [6.07, 6.45) is 5.12. The molecule has 1 aliphatic rings. The molecule has 1 fully saturated rings. The Kier molecular flexibility index (Phi) is 4.09. The fourth-order valence-corrected chi connectivity index (χ4v) is 2.16. The highest BCUT2D eigenvalue weighted by molar-refractivity contribution is 5.96. The van der Waals surface area contributed by atoms with Crippen LogP contribution in [0.1, 0.15) is 24.8 Å². The van der Waals surface area contributed by atoms with Crippen molar-refractivity contribution in [1.82, 2.24) is 15.1 Å². The molecule has 0 bridgehead atoms. The van der Waals surface area contributed by atoms with Crippen LogP contribution in [-0.2, 0) is 0 Å². The number of piperidine rings is 1. The third-order valence-electron chi connectivity index (χ3n) is 3.31. The minimum atomic E-state index is -0.0445. The van der Waals surface area contributed by atoms with Crippen molar-refractivity contribution in [3.8, 4) is 5.88 Å². The van der Waals surface area contributed by atoms with E-state index in [2.05, 4.69) is 22.1 Å². The number of nitrogen functional groups attached to an aromatic ring is 1. The number of ether oxygens (including phenoxy) is 1. The number of nitrogens with two attached hydrogens (primary N) is 1. The zero-order valence-electron chi connectivity index (χ0n) is 10.6. The van der Waals surface area contributed by atoms with E-state index in [-0.39, 0.29) is 5.84 Å². The molecule has 0 aromatic carbocycles. The minimum Gasteiger partial charge on any atom is -0.474 e. The van der Waals surface area contributed by atoms with E-state index in [1.807, 2.05) is 0 Å². The molecule has 6 nitrogen and oxygen atoms in total. The van der Waals surface area contributed by atoms with Crippen molar-refractivity contribution < 1.29 is 4.74 Å². The first kappa shape index (κ1) is 12.8. The van der Waals surface area contributed by atoms with Gasteiger partial charge in [0.05, 0.1) is 11.8 Å². The molecule has 6 heteroatoms. The van der Waals surface area contributed by atoms with Gasteiger partial charge in [0.1, 0.15) is 12.4 Å². The first-order valence-corrected chi connectivity index (χ1v) is 6.17. The third-order valence-corrected chi connectivity index (χ3v) is 3.31. The quantitative estimate of drug-likeness (QED) is 0.603. The number of amidine groups is 1. The SMILES string of the molecule is CN1CCCCC1COc1nnccc1C(=N)N. The number of likely N-dealkylation sites (N-methyl/N-ethyl adjacent to an activating group) is 1. The van der Waals surface area contributed by atoms with Crippen molar-refractivity contribution in [2.45, 2.75) is 25.3 Å². The van der Waals surface area contributed by atoms with Crippen LogP contribution in [0.15, 0.2) is 12.3 Å². The second kappa shape index (κ2) is 5.77. The number of rotatable bonds is 4. The van der Waals surface area contributed by atoms with Crippen LogP contribution in [0.5, 0.6) is 5.88 Å². The summed E-state index contributed by atoms with van der Waals surface area (Å²) in [6.45, 7) is 1.67. The molecule has 1 atom stereocenters.